The number of H-pyrrole nitrogens is 2. The Balaban J connectivity index is 1.21. The molecule has 6 rings (SSSR count). The highest BCUT2D eigenvalue weighted by atomic mass is 16.4. The predicted octanol–water partition coefficient (Wildman–Crippen LogP) is -1.02. The first-order valence-electron chi connectivity index (χ1n) is 28.1. The highest BCUT2D eigenvalue weighted by Gasteiger charge is 2.41. The van der Waals surface area contributed by atoms with Gasteiger partial charge in [0, 0.05) is 66.7 Å². The van der Waals surface area contributed by atoms with Gasteiger partial charge in [-0.1, -0.05) is 56.7 Å². The van der Waals surface area contributed by atoms with E-state index < -0.39 is 120 Å². The molecule has 8 amide bonds. The number of aliphatic hydroxyl groups excluding tert-OH is 1. The molecule has 0 aliphatic carbocycles. The molecule has 0 radical (unpaired) electrons. The van der Waals surface area contributed by atoms with Crippen LogP contribution in [-0.4, -0.2) is 176 Å². The standard InChI is InChI=1S/C56H81N15O11/c1-4-31(2)46(69-51(77)44-20-12-24-70(44)53(79)37(58)30-72)52(78)66-41(19-11-23-61-56(59)60)49(75)65-40(18-9-10-22-57)48(74)64-32(3)47(73)67-42(26-33-28-62-38-16-7-5-14-35(33)38)50(76)68-43(54(80)71-25-13-21-45(71)55(81)82)27-34-29-63-39-17-8-6-15-36(34)39/h5-8,14-17,28-29,31-32,37,40-46,62-63,72H,4,9-13,18-27,30,57-58H2,1-3H3,(H,64,74)(H,65,75)(H,66,78)(H,67,73)(H,68,76)(H,69,77)(H,81,82)(H4,59,60,61). The van der Waals surface area contributed by atoms with E-state index in [1.54, 1.807) is 19.3 Å². The van der Waals surface area contributed by atoms with E-state index in [0.29, 0.717) is 49.7 Å². The van der Waals surface area contributed by atoms with Gasteiger partial charge in [-0.3, -0.25) is 43.3 Å². The second-order valence-electron chi connectivity index (χ2n) is 21.2. The minimum absolute atomic E-state index is 0.0180. The molecule has 4 heterocycles. The number of carbonyl (C=O) groups is 9. The number of aliphatic imine (C=N–C) groups is 1. The number of hydrogen-bond acceptors (Lipinski definition) is 13. The Morgan fingerprint density at radius 3 is 1.74 bits per heavy atom. The molecule has 2 fully saturated rings. The minimum atomic E-state index is -1.35. The molecule has 0 saturated carbocycles. The molecule has 2 aromatic heterocycles. The molecule has 18 N–H and O–H groups in total. The van der Waals surface area contributed by atoms with Gasteiger partial charge in [-0.25, -0.2) is 4.79 Å². The maximum atomic E-state index is 14.8. The molecule has 82 heavy (non-hydrogen) atoms. The van der Waals surface area contributed by atoms with Crippen LogP contribution in [0.2, 0.25) is 0 Å². The average Bonchev–Trinajstić information content (AvgIpc) is 4.51. The number of likely N-dealkylation sites (tertiary alicyclic amines) is 2. The van der Waals surface area contributed by atoms with Gasteiger partial charge in [0.05, 0.1) is 6.61 Å². The van der Waals surface area contributed by atoms with Gasteiger partial charge in [0.25, 0.3) is 0 Å². The third-order valence-corrected chi connectivity index (χ3v) is 15.3. The molecule has 4 aromatic rings. The van der Waals surface area contributed by atoms with Crippen LogP contribution in [0.5, 0.6) is 0 Å². The van der Waals surface area contributed by atoms with Crippen LogP contribution in [0, 0.1) is 5.92 Å². The molecule has 26 nitrogen and oxygen atoms in total. The number of aliphatic carboxylic acids is 1. The molecule has 26 heteroatoms. The van der Waals surface area contributed by atoms with Crippen molar-refractivity contribution < 1.29 is 53.4 Å². The van der Waals surface area contributed by atoms with Crippen LogP contribution < -0.4 is 54.8 Å². The van der Waals surface area contributed by atoms with Crippen LogP contribution in [0.3, 0.4) is 0 Å². The van der Waals surface area contributed by atoms with Crippen LogP contribution in [0.4, 0.5) is 0 Å². The first-order chi connectivity index (χ1) is 39.3. The lowest BCUT2D eigenvalue weighted by Crippen LogP contribution is -2.61. The topological polar surface area (TPSA) is 421 Å². The lowest BCUT2D eigenvalue weighted by molar-refractivity contribution is -0.149. The van der Waals surface area contributed by atoms with Crippen molar-refractivity contribution in [2.45, 2.75) is 152 Å². The van der Waals surface area contributed by atoms with Crippen molar-refractivity contribution in [1.29, 1.82) is 0 Å². The summed E-state index contributed by atoms with van der Waals surface area (Å²) < 4.78 is 0. The number of guanidine groups is 1. The lowest BCUT2D eigenvalue weighted by Gasteiger charge is -2.31. The number of para-hydroxylation sites is 2. The lowest BCUT2D eigenvalue weighted by atomic mass is 9.96. The maximum Gasteiger partial charge on any atom is 0.326 e. The fourth-order valence-corrected chi connectivity index (χ4v) is 10.5. The molecule has 2 saturated heterocycles. The van der Waals surface area contributed by atoms with Crippen molar-refractivity contribution >= 4 is 81.0 Å². The monoisotopic (exact) mass is 1140 g/mol. The molecule has 2 aromatic carbocycles. The summed E-state index contributed by atoms with van der Waals surface area (Å²) in [5, 5.41) is 37.7. The highest BCUT2D eigenvalue weighted by Crippen LogP contribution is 2.25. The number of nitrogens with zero attached hydrogens (tertiary/aromatic N) is 3. The van der Waals surface area contributed by atoms with E-state index in [1.165, 1.54) is 16.7 Å². The zero-order valence-corrected chi connectivity index (χ0v) is 46.8. The van der Waals surface area contributed by atoms with Gasteiger partial charge in [-0.2, -0.15) is 0 Å². The third-order valence-electron chi connectivity index (χ3n) is 15.3. The number of aromatic amines is 2. The predicted molar refractivity (Wildman–Crippen MR) is 306 cm³/mol. The summed E-state index contributed by atoms with van der Waals surface area (Å²) in [6, 6.07) is 3.75. The van der Waals surface area contributed by atoms with E-state index in [4.69, 9.17) is 22.9 Å². The van der Waals surface area contributed by atoms with Crippen molar-refractivity contribution in [2.24, 2.45) is 33.8 Å². The quantitative estimate of drug-likeness (QED) is 0.0169. The zero-order chi connectivity index (χ0) is 59.6. The van der Waals surface area contributed by atoms with Crippen LogP contribution >= 0.6 is 0 Å². The summed E-state index contributed by atoms with van der Waals surface area (Å²) in [5.41, 5.74) is 25.6. The van der Waals surface area contributed by atoms with Gasteiger partial charge in [0.15, 0.2) is 5.96 Å². The summed E-state index contributed by atoms with van der Waals surface area (Å²) in [5.74, 6) is -7.48. The number of benzene rings is 2. The number of carbonyl (C=O) groups excluding carboxylic acids is 8. The van der Waals surface area contributed by atoms with Crippen LogP contribution in [-0.2, 0) is 56.0 Å². The summed E-state index contributed by atoms with van der Waals surface area (Å²) in [7, 11) is 0. The maximum absolute atomic E-state index is 14.8. The zero-order valence-electron chi connectivity index (χ0n) is 46.8. The van der Waals surface area contributed by atoms with Gasteiger partial charge in [0.2, 0.25) is 47.3 Å². The van der Waals surface area contributed by atoms with Crippen molar-refractivity contribution in [1.82, 2.24) is 51.7 Å². The van der Waals surface area contributed by atoms with E-state index in [1.807, 2.05) is 55.5 Å². The largest absolute Gasteiger partial charge is 0.480 e. The Hall–Kier alpha value is -8.10. The Bertz CT molecular complexity index is 2920. The molecule has 2 aliphatic heterocycles. The van der Waals surface area contributed by atoms with E-state index >= 15 is 0 Å². The molecule has 10 atom stereocenters. The third kappa shape index (κ3) is 16.5. The second-order valence-corrected chi connectivity index (χ2v) is 21.2. The van der Waals surface area contributed by atoms with Crippen LogP contribution in [0.15, 0.2) is 65.9 Å². The molecular formula is C56H81N15O11. The van der Waals surface area contributed by atoms with Crippen molar-refractivity contribution in [3.63, 3.8) is 0 Å². The SMILES string of the molecule is CCC(C)C(NC(=O)C1CCCN1C(=O)C(N)CO)C(=O)NC(CCCN=C(N)N)C(=O)NC(CCCCN)C(=O)NC(C)C(=O)NC(Cc1c[nH]c2ccccc12)C(=O)NC(Cc1c[nH]c2ccccc12)C(=O)N1CCCC1C(=O)O. The number of aromatic nitrogens is 2. The molecular weight excluding hydrogens is 1060 g/mol. The van der Waals surface area contributed by atoms with Crippen LogP contribution in [0.25, 0.3) is 21.8 Å². The number of hydrogen-bond donors (Lipinski definition) is 14. The van der Waals surface area contributed by atoms with E-state index in [9.17, 15) is 53.4 Å². The number of nitrogens with one attached hydrogen (secondary N) is 8. The smallest absolute Gasteiger partial charge is 0.326 e. The summed E-state index contributed by atoms with van der Waals surface area (Å²) in [6.45, 7) is 5.06. The first kappa shape index (κ1) is 63.1. The number of fused-ring (bicyclic) bond motifs is 2. The number of amides is 8. The minimum Gasteiger partial charge on any atom is -0.480 e. The van der Waals surface area contributed by atoms with Crippen molar-refractivity contribution in [3.8, 4) is 0 Å². The number of nitrogens with two attached hydrogens (primary N) is 4. The van der Waals surface area contributed by atoms with Gasteiger partial charge >= 0.3 is 5.97 Å². The molecule has 446 valence electrons. The van der Waals surface area contributed by atoms with E-state index in [0.717, 1.165) is 21.8 Å². The molecule has 2 aliphatic rings. The Morgan fingerprint density at radius 2 is 1.17 bits per heavy atom. The summed E-state index contributed by atoms with van der Waals surface area (Å²) in [4.78, 5) is 139. The second kappa shape index (κ2) is 30.1. The van der Waals surface area contributed by atoms with Gasteiger partial charge in [0.1, 0.15) is 54.4 Å². The number of aliphatic hydroxyl groups is 1. The van der Waals surface area contributed by atoms with Gasteiger partial charge in [-0.05, 0) is 100 Å². The Kier molecular flexibility index (Phi) is 23.2. The van der Waals surface area contributed by atoms with Gasteiger partial charge in [-0.15, -0.1) is 0 Å². The normalized spacial score (nSPS) is 18.0. The Morgan fingerprint density at radius 1 is 0.659 bits per heavy atom. The molecule has 0 spiro atoms. The van der Waals surface area contributed by atoms with E-state index in [-0.39, 0.29) is 70.7 Å². The van der Waals surface area contributed by atoms with E-state index in [2.05, 4.69) is 46.9 Å². The molecule has 0 bridgehead atoms. The number of rotatable bonds is 30. The summed E-state index contributed by atoms with van der Waals surface area (Å²) >= 11 is 0. The number of unbranched alkanes of at least 4 members (excludes halogenated alkanes) is 1. The number of carboxylic acids is 1. The van der Waals surface area contributed by atoms with Crippen LogP contribution in [0.1, 0.15) is 96.1 Å². The number of carboxylic acid groups (broad SMARTS) is 1. The highest BCUT2D eigenvalue weighted by molar-refractivity contribution is 5.99. The molecule has 10 unspecified atom stereocenters. The average molecular weight is 1140 g/mol. The van der Waals surface area contributed by atoms with Crippen molar-refractivity contribution in [3.05, 3.63) is 72.1 Å². The Labute approximate surface area is 475 Å². The van der Waals surface area contributed by atoms with Gasteiger partial charge < -0.3 is 84.8 Å². The summed E-state index contributed by atoms with van der Waals surface area (Å²) in [6.07, 6.45) is 6.26. The fourth-order valence-electron chi connectivity index (χ4n) is 10.5. The van der Waals surface area contributed by atoms with Crippen molar-refractivity contribution in [2.75, 3.05) is 32.8 Å². The fraction of sp³-hybridized carbons (Fsp3) is 0.536. The first-order valence-corrected chi connectivity index (χ1v) is 28.1.